The van der Waals surface area contributed by atoms with E-state index in [0.717, 1.165) is 11.1 Å². The van der Waals surface area contributed by atoms with E-state index in [1.807, 2.05) is 30.3 Å². The van der Waals surface area contributed by atoms with Crippen LogP contribution in [-0.4, -0.2) is 29.8 Å². The number of likely N-dealkylation sites (tertiary alicyclic amines) is 1. The molecule has 3 rings (SSSR count). The molecule has 2 aromatic carbocycles. The van der Waals surface area contributed by atoms with Crippen LogP contribution in [0, 0.1) is 0 Å². The Balaban J connectivity index is 1.83. The van der Waals surface area contributed by atoms with Gasteiger partial charge in [0, 0.05) is 13.0 Å². The molecule has 0 aromatic heterocycles. The number of ether oxygens (including phenoxy) is 1. The van der Waals surface area contributed by atoms with E-state index in [-0.39, 0.29) is 13.0 Å². The summed E-state index contributed by atoms with van der Waals surface area (Å²) in [7, 11) is 0. The Morgan fingerprint density at radius 3 is 2.69 bits per heavy atom. The minimum absolute atomic E-state index is 0.177. The molecule has 1 heterocycles. The molecule has 0 spiro atoms. The number of halogens is 2. The van der Waals surface area contributed by atoms with Crippen molar-refractivity contribution in [3.05, 3.63) is 71.8 Å². The fourth-order valence-corrected chi connectivity index (χ4v) is 3.01. The lowest BCUT2D eigenvalue weighted by Gasteiger charge is -2.32. The molecule has 0 bridgehead atoms. The minimum Gasteiger partial charge on any atom is -0.488 e. The predicted octanol–water partition coefficient (Wildman–Crippen LogP) is 4.78. The van der Waals surface area contributed by atoms with E-state index < -0.39 is 18.4 Å². The van der Waals surface area contributed by atoms with Crippen LogP contribution in [0.2, 0.25) is 0 Å². The van der Waals surface area contributed by atoms with Gasteiger partial charge in [-0.1, -0.05) is 49.1 Å². The highest BCUT2D eigenvalue weighted by Crippen LogP contribution is 2.30. The molecule has 1 saturated heterocycles. The molecule has 0 saturated carbocycles. The number of alkyl halides is 2. The van der Waals surface area contributed by atoms with Crippen molar-refractivity contribution in [3.63, 3.8) is 0 Å². The minimum atomic E-state index is -2.83. The predicted molar refractivity (Wildman–Crippen MR) is 97.4 cm³/mol. The molecule has 136 valence electrons. The van der Waals surface area contributed by atoms with Gasteiger partial charge in [0.05, 0.1) is 12.1 Å². The van der Waals surface area contributed by atoms with Crippen LogP contribution in [0.5, 0.6) is 5.75 Å². The second-order valence-corrected chi connectivity index (χ2v) is 6.42. The zero-order valence-corrected chi connectivity index (χ0v) is 14.5. The summed E-state index contributed by atoms with van der Waals surface area (Å²) >= 11 is 0. The van der Waals surface area contributed by atoms with Crippen LogP contribution in [0.15, 0.2) is 55.1 Å². The first-order valence-corrected chi connectivity index (χ1v) is 8.59. The summed E-state index contributed by atoms with van der Waals surface area (Å²) in [6.07, 6.45) is 1.77. The molecule has 3 nitrogen and oxygen atoms in total. The molecule has 26 heavy (non-hydrogen) atoms. The number of hydrogen-bond donors (Lipinski definition) is 0. The molecule has 0 unspecified atom stereocenters. The number of carbonyl (C=O) groups is 1. The molecule has 0 atom stereocenters. The van der Waals surface area contributed by atoms with Crippen molar-refractivity contribution in [2.45, 2.75) is 25.4 Å². The molecule has 5 heteroatoms. The van der Waals surface area contributed by atoms with Gasteiger partial charge in [0.15, 0.2) is 0 Å². The van der Waals surface area contributed by atoms with E-state index >= 15 is 0 Å². The summed E-state index contributed by atoms with van der Waals surface area (Å²) in [6.45, 7) is 3.79. The Morgan fingerprint density at radius 2 is 2.00 bits per heavy atom. The molecule has 0 aliphatic carbocycles. The van der Waals surface area contributed by atoms with Crippen molar-refractivity contribution in [2.24, 2.45) is 0 Å². The van der Waals surface area contributed by atoms with Crippen molar-refractivity contribution in [2.75, 3.05) is 13.1 Å². The fraction of sp³-hybridized carbons (Fsp3) is 0.286. The van der Waals surface area contributed by atoms with Gasteiger partial charge in [-0.05, 0) is 29.7 Å². The second kappa shape index (κ2) is 7.68. The summed E-state index contributed by atoms with van der Waals surface area (Å²) in [6, 6.07) is 14.6. The topological polar surface area (TPSA) is 29.5 Å². The van der Waals surface area contributed by atoms with E-state index in [1.165, 1.54) is 4.90 Å². The van der Waals surface area contributed by atoms with E-state index in [4.69, 9.17) is 4.74 Å². The van der Waals surface area contributed by atoms with E-state index in [0.29, 0.717) is 24.3 Å². The first-order valence-electron chi connectivity index (χ1n) is 8.59. The van der Waals surface area contributed by atoms with Crippen LogP contribution in [0.1, 0.15) is 34.3 Å². The molecule has 0 radical (unpaired) electrons. The van der Waals surface area contributed by atoms with Gasteiger partial charge in [0.1, 0.15) is 12.4 Å². The van der Waals surface area contributed by atoms with Crippen LogP contribution in [-0.2, 0) is 6.61 Å². The summed E-state index contributed by atoms with van der Waals surface area (Å²) in [5.74, 6) is -2.88. The second-order valence-electron chi connectivity index (χ2n) is 6.42. The van der Waals surface area contributed by atoms with Gasteiger partial charge >= 0.3 is 0 Å². The van der Waals surface area contributed by atoms with Crippen LogP contribution < -0.4 is 4.74 Å². The Bertz CT molecular complexity index is 790. The van der Waals surface area contributed by atoms with Crippen molar-refractivity contribution in [1.82, 2.24) is 4.90 Å². The van der Waals surface area contributed by atoms with Crippen LogP contribution in [0.4, 0.5) is 8.78 Å². The Morgan fingerprint density at radius 1 is 1.23 bits per heavy atom. The number of rotatable bonds is 5. The highest BCUT2D eigenvalue weighted by Gasteiger charge is 2.37. The van der Waals surface area contributed by atoms with Crippen LogP contribution in [0.25, 0.3) is 6.08 Å². The quantitative estimate of drug-likeness (QED) is 0.771. The zero-order valence-electron chi connectivity index (χ0n) is 14.5. The Labute approximate surface area is 151 Å². The average molecular weight is 357 g/mol. The molecule has 1 aliphatic rings. The van der Waals surface area contributed by atoms with Crippen LogP contribution in [0.3, 0.4) is 0 Å². The number of hydrogen-bond acceptors (Lipinski definition) is 2. The van der Waals surface area contributed by atoms with Crippen molar-refractivity contribution in [1.29, 1.82) is 0 Å². The van der Waals surface area contributed by atoms with Crippen LogP contribution >= 0.6 is 0 Å². The molecule has 0 N–H and O–H groups in total. The standard InChI is InChI=1S/C21H21F2NO2/c1-2-16-9-10-18(20(25)24-12-6-11-21(22,23)15-24)19(13-16)26-14-17-7-4-3-5-8-17/h2-5,7-10,13H,1,6,11-12,14-15H2. The SMILES string of the molecule is C=Cc1ccc(C(=O)N2CCCC(F)(F)C2)c(OCc2ccccc2)c1. The average Bonchev–Trinajstić information content (AvgIpc) is 2.65. The largest absolute Gasteiger partial charge is 0.488 e. The maximum absolute atomic E-state index is 13.7. The number of benzene rings is 2. The molecule has 1 fully saturated rings. The maximum Gasteiger partial charge on any atom is 0.265 e. The number of carbonyl (C=O) groups excluding carboxylic acids is 1. The highest BCUT2D eigenvalue weighted by atomic mass is 19.3. The number of nitrogens with zero attached hydrogens (tertiary/aromatic N) is 1. The lowest BCUT2D eigenvalue weighted by atomic mass is 10.0. The van der Waals surface area contributed by atoms with Gasteiger partial charge < -0.3 is 9.64 Å². The third kappa shape index (κ3) is 4.28. The van der Waals surface area contributed by atoms with E-state index in [9.17, 15) is 13.6 Å². The molecular weight excluding hydrogens is 336 g/mol. The third-order valence-electron chi connectivity index (χ3n) is 4.39. The van der Waals surface area contributed by atoms with Gasteiger partial charge in [-0.15, -0.1) is 0 Å². The van der Waals surface area contributed by atoms with Gasteiger partial charge in [0.2, 0.25) is 0 Å². The van der Waals surface area contributed by atoms with E-state index in [1.54, 1.807) is 24.3 Å². The van der Waals surface area contributed by atoms with Gasteiger partial charge in [-0.3, -0.25) is 4.79 Å². The van der Waals surface area contributed by atoms with Gasteiger partial charge in [-0.2, -0.15) is 0 Å². The van der Waals surface area contributed by atoms with Crippen molar-refractivity contribution >= 4 is 12.0 Å². The lowest BCUT2D eigenvalue weighted by Crippen LogP contribution is -2.45. The van der Waals surface area contributed by atoms with Crippen molar-refractivity contribution in [3.8, 4) is 5.75 Å². The zero-order chi connectivity index (χ0) is 18.6. The first kappa shape index (κ1) is 18.1. The summed E-state index contributed by atoms with van der Waals surface area (Å²) in [4.78, 5) is 14.0. The van der Waals surface area contributed by atoms with Crippen molar-refractivity contribution < 1.29 is 18.3 Å². The fourth-order valence-electron chi connectivity index (χ4n) is 3.01. The lowest BCUT2D eigenvalue weighted by molar-refractivity contribution is -0.0561. The number of piperidine rings is 1. The smallest absolute Gasteiger partial charge is 0.265 e. The molecule has 1 aliphatic heterocycles. The monoisotopic (exact) mass is 357 g/mol. The van der Waals surface area contributed by atoms with Gasteiger partial charge in [0.25, 0.3) is 11.8 Å². The molecular formula is C21H21F2NO2. The highest BCUT2D eigenvalue weighted by molar-refractivity contribution is 5.97. The Hall–Kier alpha value is -2.69. The molecule has 1 amide bonds. The maximum atomic E-state index is 13.7. The molecule has 2 aromatic rings. The number of amides is 1. The summed E-state index contributed by atoms with van der Waals surface area (Å²) in [5.41, 5.74) is 2.05. The summed E-state index contributed by atoms with van der Waals surface area (Å²) in [5, 5.41) is 0. The summed E-state index contributed by atoms with van der Waals surface area (Å²) < 4.78 is 33.2. The Kier molecular flexibility index (Phi) is 5.35. The van der Waals surface area contributed by atoms with E-state index in [2.05, 4.69) is 6.58 Å². The normalized spacial score (nSPS) is 16.2. The van der Waals surface area contributed by atoms with Gasteiger partial charge in [-0.25, -0.2) is 8.78 Å². The first-order chi connectivity index (χ1) is 12.5. The third-order valence-corrected chi connectivity index (χ3v) is 4.39.